The van der Waals surface area contributed by atoms with E-state index in [4.69, 9.17) is 0 Å². The van der Waals surface area contributed by atoms with E-state index in [1.54, 1.807) is 12.1 Å². The Labute approximate surface area is 109 Å². The Balaban J connectivity index is 1.64. The highest BCUT2D eigenvalue weighted by Gasteiger charge is 2.34. The lowest BCUT2D eigenvalue weighted by Gasteiger charge is -2.17. The SMILES string of the molecule is Fc1ccc(Br)c(NC2CCN(C3CC3)C2)c1. The minimum Gasteiger partial charge on any atom is -0.380 e. The quantitative estimate of drug-likeness (QED) is 0.922. The third-order valence-corrected chi connectivity index (χ3v) is 4.26. The van der Waals surface area contributed by atoms with Crippen LogP contribution in [-0.2, 0) is 0 Å². The second kappa shape index (κ2) is 4.58. The van der Waals surface area contributed by atoms with Crippen molar-refractivity contribution in [2.75, 3.05) is 18.4 Å². The number of likely N-dealkylation sites (tertiary alicyclic amines) is 1. The molecule has 0 radical (unpaired) electrons. The molecule has 0 spiro atoms. The molecule has 1 aliphatic heterocycles. The molecular weight excluding hydrogens is 283 g/mol. The van der Waals surface area contributed by atoms with Crippen LogP contribution in [0.3, 0.4) is 0 Å². The van der Waals surface area contributed by atoms with Crippen LogP contribution in [0.25, 0.3) is 0 Å². The highest BCUT2D eigenvalue weighted by Crippen LogP contribution is 2.31. The van der Waals surface area contributed by atoms with E-state index in [9.17, 15) is 4.39 Å². The zero-order valence-electron chi connectivity index (χ0n) is 9.63. The summed E-state index contributed by atoms with van der Waals surface area (Å²) in [5, 5.41) is 3.43. The van der Waals surface area contributed by atoms with Crippen LogP contribution in [-0.4, -0.2) is 30.1 Å². The van der Waals surface area contributed by atoms with Crippen LogP contribution in [0.4, 0.5) is 10.1 Å². The molecule has 1 N–H and O–H groups in total. The Hall–Kier alpha value is -0.610. The lowest BCUT2D eigenvalue weighted by molar-refractivity contribution is 0.326. The third-order valence-electron chi connectivity index (χ3n) is 3.57. The second-order valence-electron chi connectivity index (χ2n) is 4.98. The van der Waals surface area contributed by atoms with Gasteiger partial charge in [0.25, 0.3) is 0 Å². The molecule has 2 fully saturated rings. The largest absolute Gasteiger partial charge is 0.380 e. The van der Waals surface area contributed by atoms with Crippen LogP contribution in [0.2, 0.25) is 0 Å². The van der Waals surface area contributed by atoms with Crippen molar-refractivity contribution in [3.05, 3.63) is 28.5 Å². The summed E-state index contributed by atoms with van der Waals surface area (Å²) >= 11 is 3.45. The van der Waals surface area contributed by atoms with Gasteiger partial charge in [0.15, 0.2) is 0 Å². The average molecular weight is 299 g/mol. The Bertz CT molecular complexity index is 420. The molecule has 1 saturated carbocycles. The Morgan fingerprint density at radius 1 is 1.29 bits per heavy atom. The molecule has 1 aliphatic carbocycles. The molecular formula is C13H16BrFN2. The summed E-state index contributed by atoms with van der Waals surface area (Å²) in [6, 6.07) is 6.07. The number of hydrogen-bond acceptors (Lipinski definition) is 2. The summed E-state index contributed by atoms with van der Waals surface area (Å²) in [5.74, 6) is -0.187. The van der Waals surface area contributed by atoms with Crippen molar-refractivity contribution in [1.82, 2.24) is 4.90 Å². The van der Waals surface area contributed by atoms with E-state index in [0.717, 1.165) is 29.2 Å². The van der Waals surface area contributed by atoms with Gasteiger partial charge in [-0.3, -0.25) is 4.90 Å². The molecule has 0 amide bonds. The van der Waals surface area contributed by atoms with Crippen LogP contribution in [0.1, 0.15) is 19.3 Å². The molecule has 1 atom stereocenters. The monoisotopic (exact) mass is 298 g/mol. The predicted molar refractivity (Wildman–Crippen MR) is 70.7 cm³/mol. The van der Waals surface area contributed by atoms with Gasteiger partial charge < -0.3 is 5.32 Å². The fourth-order valence-electron chi connectivity index (χ4n) is 2.50. The van der Waals surface area contributed by atoms with E-state index in [2.05, 4.69) is 26.1 Å². The number of hydrogen-bond donors (Lipinski definition) is 1. The van der Waals surface area contributed by atoms with Gasteiger partial charge in [-0.2, -0.15) is 0 Å². The second-order valence-corrected chi connectivity index (χ2v) is 5.83. The molecule has 3 rings (SSSR count). The number of nitrogens with zero attached hydrogens (tertiary/aromatic N) is 1. The van der Waals surface area contributed by atoms with Crippen molar-refractivity contribution < 1.29 is 4.39 Å². The standard InChI is InChI=1S/C13H16BrFN2/c14-12-4-1-9(15)7-13(12)16-10-5-6-17(8-10)11-2-3-11/h1,4,7,10-11,16H,2-3,5-6,8H2. The molecule has 92 valence electrons. The first-order valence-electron chi connectivity index (χ1n) is 6.18. The number of anilines is 1. The van der Waals surface area contributed by atoms with E-state index in [1.807, 2.05) is 0 Å². The van der Waals surface area contributed by atoms with Crippen LogP contribution in [0, 0.1) is 5.82 Å². The van der Waals surface area contributed by atoms with E-state index in [0.29, 0.717) is 6.04 Å². The first-order valence-corrected chi connectivity index (χ1v) is 6.97. The van der Waals surface area contributed by atoms with E-state index < -0.39 is 0 Å². The lowest BCUT2D eigenvalue weighted by Crippen LogP contribution is -2.27. The van der Waals surface area contributed by atoms with Crippen molar-refractivity contribution in [3.8, 4) is 0 Å². The van der Waals surface area contributed by atoms with E-state index in [1.165, 1.54) is 25.5 Å². The van der Waals surface area contributed by atoms with Gasteiger partial charge in [0.1, 0.15) is 5.82 Å². The zero-order chi connectivity index (χ0) is 11.8. The molecule has 1 aromatic carbocycles. The molecule has 0 aromatic heterocycles. The van der Waals surface area contributed by atoms with Crippen LogP contribution >= 0.6 is 15.9 Å². The van der Waals surface area contributed by atoms with Crippen LogP contribution < -0.4 is 5.32 Å². The van der Waals surface area contributed by atoms with Crippen molar-refractivity contribution in [1.29, 1.82) is 0 Å². The molecule has 2 nitrogen and oxygen atoms in total. The highest BCUT2D eigenvalue weighted by atomic mass is 79.9. The average Bonchev–Trinajstić information content (AvgIpc) is 3.05. The fraction of sp³-hybridized carbons (Fsp3) is 0.538. The van der Waals surface area contributed by atoms with E-state index in [-0.39, 0.29) is 5.82 Å². The Morgan fingerprint density at radius 3 is 2.88 bits per heavy atom. The normalized spacial score (nSPS) is 25.2. The van der Waals surface area contributed by atoms with Gasteiger partial charge >= 0.3 is 0 Å². The van der Waals surface area contributed by atoms with Crippen molar-refractivity contribution >= 4 is 21.6 Å². The number of halogens is 2. The first-order chi connectivity index (χ1) is 8.22. The Morgan fingerprint density at radius 2 is 2.12 bits per heavy atom. The van der Waals surface area contributed by atoms with Gasteiger partial charge in [-0.25, -0.2) is 4.39 Å². The number of rotatable bonds is 3. The minimum absolute atomic E-state index is 0.187. The first kappa shape index (κ1) is 11.5. The van der Waals surface area contributed by atoms with E-state index >= 15 is 0 Å². The van der Waals surface area contributed by atoms with Gasteiger partial charge in [-0.05, 0) is 53.4 Å². The van der Waals surface area contributed by atoms with Crippen LogP contribution in [0.5, 0.6) is 0 Å². The molecule has 1 unspecified atom stereocenters. The maximum Gasteiger partial charge on any atom is 0.125 e. The highest BCUT2D eigenvalue weighted by molar-refractivity contribution is 9.10. The maximum absolute atomic E-state index is 13.2. The topological polar surface area (TPSA) is 15.3 Å². The van der Waals surface area contributed by atoms with Crippen molar-refractivity contribution in [2.45, 2.75) is 31.3 Å². The Kier molecular flexibility index (Phi) is 3.09. The van der Waals surface area contributed by atoms with Gasteiger partial charge in [0.05, 0.1) is 5.69 Å². The molecule has 1 aromatic rings. The summed E-state index contributed by atoms with van der Waals surface area (Å²) in [7, 11) is 0. The van der Waals surface area contributed by atoms with Gasteiger partial charge in [-0.1, -0.05) is 0 Å². The number of nitrogens with one attached hydrogen (secondary N) is 1. The predicted octanol–water partition coefficient (Wildman–Crippen LogP) is 3.24. The van der Waals surface area contributed by atoms with Crippen LogP contribution in [0.15, 0.2) is 22.7 Å². The molecule has 1 saturated heterocycles. The molecule has 4 heteroatoms. The van der Waals surface area contributed by atoms with Crippen molar-refractivity contribution in [3.63, 3.8) is 0 Å². The lowest BCUT2D eigenvalue weighted by atomic mass is 10.2. The summed E-state index contributed by atoms with van der Waals surface area (Å²) in [6.07, 6.45) is 3.87. The van der Waals surface area contributed by atoms with Gasteiger partial charge in [0, 0.05) is 29.6 Å². The van der Waals surface area contributed by atoms with Crippen molar-refractivity contribution in [2.24, 2.45) is 0 Å². The maximum atomic E-state index is 13.2. The molecule has 0 bridgehead atoms. The summed E-state index contributed by atoms with van der Waals surface area (Å²) in [6.45, 7) is 2.27. The zero-order valence-corrected chi connectivity index (χ0v) is 11.2. The van der Waals surface area contributed by atoms with Gasteiger partial charge in [0.2, 0.25) is 0 Å². The third kappa shape index (κ3) is 2.63. The molecule has 17 heavy (non-hydrogen) atoms. The molecule has 2 aliphatic rings. The fourth-order valence-corrected chi connectivity index (χ4v) is 2.87. The summed E-state index contributed by atoms with van der Waals surface area (Å²) in [5.41, 5.74) is 0.868. The van der Waals surface area contributed by atoms with Gasteiger partial charge in [-0.15, -0.1) is 0 Å². The summed E-state index contributed by atoms with van der Waals surface area (Å²) < 4.78 is 14.1. The minimum atomic E-state index is -0.187. The number of benzene rings is 1. The molecule has 1 heterocycles. The smallest absolute Gasteiger partial charge is 0.125 e. The summed E-state index contributed by atoms with van der Waals surface area (Å²) in [4.78, 5) is 2.55.